The quantitative estimate of drug-likeness (QED) is 0.848. The summed E-state index contributed by atoms with van der Waals surface area (Å²) in [7, 11) is 0. The molecule has 2 aromatic rings. The minimum atomic E-state index is -0.488. The van der Waals surface area contributed by atoms with E-state index < -0.39 is 5.79 Å². The second-order valence-corrected chi connectivity index (χ2v) is 7.37. The number of piperidine rings is 1. The van der Waals surface area contributed by atoms with E-state index in [9.17, 15) is 4.79 Å². The van der Waals surface area contributed by atoms with Gasteiger partial charge in [-0.15, -0.1) is 0 Å². The van der Waals surface area contributed by atoms with E-state index in [0.29, 0.717) is 51.4 Å². The van der Waals surface area contributed by atoms with Crippen LogP contribution in [0.15, 0.2) is 36.5 Å². The number of benzene rings is 1. The Morgan fingerprint density at radius 1 is 1.07 bits per heavy atom. The van der Waals surface area contributed by atoms with Crippen molar-refractivity contribution in [2.75, 3.05) is 38.4 Å². The number of nitrogens with zero attached hydrogens (tertiary/aromatic N) is 2. The first-order chi connectivity index (χ1) is 14.2. The lowest BCUT2D eigenvalue weighted by Gasteiger charge is -2.37. The molecule has 2 fully saturated rings. The van der Waals surface area contributed by atoms with Crippen LogP contribution in [0.1, 0.15) is 28.9 Å². The third-order valence-corrected chi connectivity index (χ3v) is 5.54. The molecule has 3 aliphatic rings. The highest BCUT2D eigenvalue weighted by atomic mass is 16.7. The molecule has 1 aromatic heterocycles. The maximum absolute atomic E-state index is 12.9. The van der Waals surface area contributed by atoms with Crippen LogP contribution < -0.4 is 14.8 Å². The number of hydrogen-bond acceptors (Lipinski definition) is 7. The van der Waals surface area contributed by atoms with Gasteiger partial charge in [0.25, 0.3) is 5.91 Å². The highest BCUT2D eigenvalue weighted by Crippen LogP contribution is 2.33. The Kier molecular flexibility index (Phi) is 4.73. The summed E-state index contributed by atoms with van der Waals surface area (Å²) in [6, 6.07) is 9.50. The van der Waals surface area contributed by atoms with Crippen molar-refractivity contribution >= 4 is 11.6 Å². The number of aromatic nitrogens is 1. The van der Waals surface area contributed by atoms with E-state index in [1.54, 1.807) is 12.3 Å². The lowest BCUT2D eigenvalue weighted by atomic mass is 10.0. The standard InChI is InChI=1S/C21H23N3O5/c25-20(24-7-4-21(5-8-24)28-9-10-29-21)17-12-16(3-6-22-17)23-13-15-1-2-18-19(11-15)27-14-26-18/h1-3,6,11-12H,4-5,7-10,13-14H2,(H,22,23). The van der Waals surface area contributed by atoms with Gasteiger partial charge in [-0.1, -0.05) is 6.07 Å². The SMILES string of the molecule is O=C(c1cc(NCc2ccc3c(c2)OCO3)ccn1)N1CCC2(CC1)OCCO2. The van der Waals surface area contributed by atoms with E-state index >= 15 is 0 Å². The molecule has 1 N–H and O–H groups in total. The molecule has 152 valence electrons. The zero-order chi connectivity index (χ0) is 19.7. The highest BCUT2D eigenvalue weighted by molar-refractivity contribution is 5.93. The van der Waals surface area contributed by atoms with Gasteiger partial charge in [-0.05, 0) is 29.8 Å². The van der Waals surface area contributed by atoms with Crippen LogP contribution in [0.2, 0.25) is 0 Å². The number of rotatable bonds is 4. The normalized spacial score (nSPS) is 19.5. The largest absolute Gasteiger partial charge is 0.454 e. The van der Waals surface area contributed by atoms with Crippen LogP contribution in [0.3, 0.4) is 0 Å². The molecular weight excluding hydrogens is 374 g/mol. The van der Waals surface area contributed by atoms with E-state index in [1.165, 1.54) is 0 Å². The Balaban J connectivity index is 1.21. The molecular formula is C21H23N3O5. The smallest absolute Gasteiger partial charge is 0.272 e. The number of anilines is 1. The monoisotopic (exact) mass is 397 g/mol. The number of fused-ring (bicyclic) bond motifs is 1. The van der Waals surface area contributed by atoms with Crippen molar-refractivity contribution in [1.82, 2.24) is 9.88 Å². The number of ether oxygens (including phenoxy) is 4. The Hall–Kier alpha value is -2.84. The molecule has 8 nitrogen and oxygen atoms in total. The van der Waals surface area contributed by atoms with Crippen molar-refractivity contribution in [3.63, 3.8) is 0 Å². The topological polar surface area (TPSA) is 82.2 Å². The van der Waals surface area contributed by atoms with E-state index in [2.05, 4.69) is 10.3 Å². The second kappa shape index (κ2) is 7.53. The van der Waals surface area contributed by atoms with Crippen molar-refractivity contribution in [1.29, 1.82) is 0 Å². The molecule has 5 rings (SSSR count). The summed E-state index contributed by atoms with van der Waals surface area (Å²) in [6.07, 6.45) is 3.05. The predicted molar refractivity (Wildman–Crippen MR) is 104 cm³/mol. The summed E-state index contributed by atoms with van der Waals surface area (Å²) in [6.45, 7) is 3.34. The third kappa shape index (κ3) is 3.73. The number of pyridine rings is 1. The third-order valence-electron chi connectivity index (χ3n) is 5.54. The van der Waals surface area contributed by atoms with E-state index in [-0.39, 0.29) is 12.7 Å². The van der Waals surface area contributed by atoms with Crippen LogP contribution in [-0.4, -0.2) is 54.7 Å². The van der Waals surface area contributed by atoms with Gasteiger partial charge in [0.05, 0.1) is 13.2 Å². The minimum Gasteiger partial charge on any atom is -0.454 e. The van der Waals surface area contributed by atoms with Crippen LogP contribution in [0, 0.1) is 0 Å². The average Bonchev–Trinajstić information content (AvgIpc) is 3.42. The average molecular weight is 397 g/mol. The lowest BCUT2D eigenvalue weighted by molar-refractivity contribution is -0.181. The van der Waals surface area contributed by atoms with Crippen LogP contribution in [0.5, 0.6) is 11.5 Å². The number of likely N-dealkylation sites (tertiary alicyclic amines) is 1. The summed E-state index contributed by atoms with van der Waals surface area (Å²) in [4.78, 5) is 19.0. The van der Waals surface area contributed by atoms with Gasteiger partial charge >= 0.3 is 0 Å². The number of carbonyl (C=O) groups is 1. The minimum absolute atomic E-state index is 0.0652. The first-order valence-electron chi connectivity index (χ1n) is 9.86. The van der Waals surface area contributed by atoms with Gasteiger partial charge < -0.3 is 29.2 Å². The molecule has 4 heterocycles. The van der Waals surface area contributed by atoms with Crippen molar-refractivity contribution in [3.8, 4) is 11.5 Å². The molecule has 0 unspecified atom stereocenters. The molecule has 8 heteroatoms. The molecule has 29 heavy (non-hydrogen) atoms. The number of amides is 1. The molecule has 0 saturated carbocycles. The van der Waals surface area contributed by atoms with Gasteiger partial charge in [0.15, 0.2) is 17.3 Å². The van der Waals surface area contributed by atoms with Crippen molar-refractivity contribution in [3.05, 3.63) is 47.8 Å². The molecule has 1 spiro atoms. The van der Waals surface area contributed by atoms with Crippen LogP contribution in [-0.2, 0) is 16.0 Å². The van der Waals surface area contributed by atoms with Gasteiger partial charge in [0.2, 0.25) is 6.79 Å². The maximum atomic E-state index is 12.9. The van der Waals surface area contributed by atoms with Crippen LogP contribution in [0.4, 0.5) is 5.69 Å². The van der Waals surface area contributed by atoms with E-state index in [0.717, 1.165) is 22.7 Å². The lowest BCUT2D eigenvalue weighted by Crippen LogP contribution is -2.47. The fourth-order valence-electron chi connectivity index (χ4n) is 3.91. The summed E-state index contributed by atoms with van der Waals surface area (Å²) in [5.74, 6) is 0.970. The van der Waals surface area contributed by atoms with Gasteiger partial charge in [-0.3, -0.25) is 9.78 Å². The van der Waals surface area contributed by atoms with E-state index in [1.807, 2.05) is 29.2 Å². The number of hydrogen-bond donors (Lipinski definition) is 1. The van der Waals surface area contributed by atoms with Crippen LogP contribution >= 0.6 is 0 Å². The molecule has 1 aromatic carbocycles. The number of carbonyl (C=O) groups excluding carboxylic acids is 1. The Labute approximate surface area is 168 Å². The molecule has 1 amide bonds. The zero-order valence-corrected chi connectivity index (χ0v) is 16.1. The van der Waals surface area contributed by atoms with Gasteiger partial charge in [0, 0.05) is 44.4 Å². The molecule has 2 saturated heterocycles. The van der Waals surface area contributed by atoms with Gasteiger partial charge in [0.1, 0.15) is 5.69 Å². The van der Waals surface area contributed by atoms with Gasteiger partial charge in [-0.2, -0.15) is 0 Å². The summed E-state index contributed by atoms with van der Waals surface area (Å²) < 4.78 is 22.2. The second-order valence-electron chi connectivity index (χ2n) is 7.37. The molecule has 0 bridgehead atoms. The molecule has 0 atom stereocenters. The molecule has 0 radical (unpaired) electrons. The highest BCUT2D eigenvalue weighted by Gasteiger charge is 2.41. The van der Waals surface area contributed by atoms with Crippen molar-refractivity contribution in [2.45, 2.75) is 25.2 Å². The van der Waals surface area contributed by atoms with Crippen LogP contribution in [0.25, 0.3) is 0 Å². The van der Waals surface area contributed by atoms with Gasteiger partial charge in [-0.25, -0.2) is 0 Å². The Morgan fingerprint density at radius 2 is 1.86 bits per heavy atom. The zero-order valence-electron chi connectivity index (χ0n) is 16.1. The predicted octanol–water partition coefficient (Wildman–Crippen LogP) is 2.40. The number of nitrogens with one attached hydrogen (secondary N) is 1. The molecule has 3 aliphatic heterocycles. The van der Waals surface area contributed by atoms with Crippen molar-refractivity contribution < 1.29 is 23.7 Å². The summed E-state index contributed by atoms with van der Waals surface area (Å²) >= 11 is 0. The summed E-state index contributed by atoms with van der Waals surface area (Å²) in [5, 5.41) is 3.34. The maximum Gasteiger partial charge on any atom is 0.272 e. The first kappa shape index (κ1) is 18.2. The summed E-state index contributed by atoms with van der Waals surface area (Å²) in [5.41, 5.74) is 2.35. The first-order valence-corrected chi connectivity index (χ1v) is 9.86. The van der Waals surface area contributed by atoms with E-state index in [4.69, 9.17) is 18.9 Å². The van der Waals surface area contributed by atoms with Crippen molar-refractivity contribution in [2.24, 2.45) is 0 Å². The molecule has 0 aliphatic carbocycles. The fraction of sp³-hybridized carbons (Fsp3) is 0.429. The Morgan fingerprint density at radius 3 is 2.69 bits per heavy atom. The fourth-order valence-corrected chi connectivity index (χ4v) is 3.91. The Bertz CT molecular complexity index is 903.